The van der Waals surface area contributed by atoms with Crippen LogP contribution in [0.3, 0.4) is 0 Å². The van der Waals surface area contributed by atoms with Gasteiger partial charge in [-0.3, -0.25) is 0 Å². The second-order valence-electron chi connectivity index (χ2n) is 11.9. The molecule has 0 aliphatic carbocycles. The number of benzene rings is 6. The summed E-state index contributed by atoms with van der Waals surface area (Å²) < 4.78 is 5.86. The van der Waals surface area contributed by atoms with Crippen molar-refractivity contribution in [3.05, 3.63) is 163 Å². The fraction of sp³-hybridized carbons (Fsp3) is 0.122. The lowest BCUT2D eigenvalue weighted by molar-refractivity contribution is 0.416. The second-order valence-corrected chi connectivity index (χ2v) is 15.9. The molecule has 0 fully saturated rings. The van der Waals surface area contributed by atoms with Crippen molar-refractivity contribution in [3.8, 4) is 11.1 Å². The summed E-state index contributed by atoms with van der Waals surface area (Å²) in [5.41, 5.74) is 11.8. The molecule has 45 heavy (non-hydrogen) atoms. The summed E-state index contributed by atoms with van der Waals surface area (Å²) >= 11 is 0. The zero-order valence-electron chi connectivity index (χ0n) is 26.7. The van der Waals surface area contributed by atoms with E-state index in [1.54, 1.807) is 0 Å². The first kappa shape index (κ1) is 30.1. The van der Waals surface area contributed by atoms with Crippen molar-refractivity contribution in [2.45, 2.75) is 26.9 Å². The van der Waals surface area contributed by atoms with E-state index in [4.69, 9.17) is 4.43 Å². The number of nitrogens with zero attached hydrogens (tertiary/aromatic N) is 2. The molecule has 0 radical (unpaired) electrons. The average molecular weight is 605 g/mol. The van der Waals surface area contributed by atoms with Gasteiger partial charge in [-0.2, -0.15) is 0 Å². The molecule has 0 N–H and O–H groups in total. The Balaban J connectivity index is 1.37. The Labute approximate surface area is 269 Å². The monoisotopic (exact) mass is 604 g/mol. The van der Waals surface area contributed by atoms with Crippen molar-refractivity contribution in [1.29, 1.82) is 0 Å². The molecule has 4 heteroatoms. The van der Waals surface area contributed by atoms with E-state index in [0.717, 1.165) is 34.1 Å². The van der Waals surface area contributed by atoms with E-state index in [9.17, 15) is 0 Å². The highest BCUT2D eigenvalue weighted by atomic mass is 28.4. The summed E-state index contributed by atoms with van der Waals surface area (Å²) in [6.45, 7) is 8.89. The minimum Gasteiger partial charge on any atom is -0.416 e. The van der Waals surface area contributed by atoms with Crippen molar-refractivity contribution in [1.82, 2.24) is 0 Å². The van der Waals surface area contributed by atoms with Crippen LogP contribution in [0.4, 0.5) is 34.1 Å². The van der Waals surface area contributed by atoms with Gasteiger partial charge in [0.2, 0.25) is 8.32 Å². The number of anilines is 6. The third-order valence-corrected chi connectivity index (χ3v) is 11.3. The molecule has 6 aromatic carbocycles. The van der Waals surface area contributed by atoms with Gasteiger partial charge >= 0.3 is 0 Å². The predicted octanol–water partition coefficient (Wildman–Crippen LogP) is 11.0. The second kappa shape index (κ2) is 13.0. The lowest BCUT2D eigenvalue weighted by atomic mass is 9.95. The highest BCUT2D eigenvalue weighted by Gasteiger charge is 2.24. The van der Waals surface area contributed by atoms with Crippen LogP contribution in [-0.4, -0.2) is 15.4 Å². The number of hydrogen-bond acceptors (Lipinski definition) is 3. The maximum absolute atomic E-state index is 5.86. The van der Waals surface area contributed by atoms with Crippen LogP contribution in [0.5, 0.6) is 0 Å². The standard InChI is InChI=1S/C41H40N2OSi/c1-31-29-37(42(33-15-9-6-10-16-33)34-17-11-7-12-18-34)23-27-40(31)41-28-24-38(30-32(41)2)43(35-19-13-8-14-20-35)36-21-25-39(26-22-36)45(4,5)44-3/h6-30H,1-5H3. The van der Waals surface area contributed by atoms with Gasteiger partial charge in [0.1, 0.15) is 0 Å². The summed E-state index contributed by atoms with van der Waals surface area (Å²) in [6, 6.07) is 54.2. The van der Waals surface area contributed by atoms with Gasteiger partial charge in [-0.1, -0.05) is 78.9 Å². The molecular formula is C41H40N2OSi. The minimum atomic E-state index is -1.90. The van der Waals surface area contributed by atoms with Crippen molar-refractivity contribution in [2.24, 2.45) is 0 Å². The normalized spacial score (nSPS) is 11.3. The third-order valence-electron chi connectivity index (χ3n) is 8.60. The Morgan fingerprint density at radius 1 is 0.422 bits per heavy atom. The molecule has 3 nitrogen and oxygen atoms in total. The molecule has 0 unspecified atom stereocenters. The Morgan fingerprint density at radius 2 is 0.756 bits per heavy atom. The van der Waals surface area contributed by atoms with E-state index in [2.05, 4.69) is 188 Å². The van der Waals surface area contributed by atoms with Crippen LogP contribution >= 0.6 is 0 Å². The highest BCUT2D eigenvalue weighted by Crippen LogP contribution is 2.40. The molecule has 0 bridgehead atoms. The smallest absolute Gasteiger partial charge is 0.217 e. The van der Waals surface area contributed by atoms with E-state index in [-0.39, 0.29) is 0 Å². The molecule has 0 saturated carbocycles. The van der Waals surface area contributed by atoms with Crippen molar-refractivity contribution < 1.29 is 4.43 Å². The largest absolute Gasteiger partial charge is 0.416 e. The number of para-hydroxylation sites is 3. The van der Waals surface area contributed by atoms with Crippen LogP contribution in [0.15, 0.2) is 152 Å². The molecule has 224 valence electrons. The number of hydrogen-bond donors (Lipinski definition) is 0. The molecule has 0 amide bonds. The third kappa shape index (κ3) is 6.34. The Morgan fingerprint density at radius 3 is 1.09 bits per heavy atom. The summed E-state index contributed by atoms with van der Waals surface area (Å²) in [5.74, 6) is 0. The van der Waals surface area contributed by atoms with Gasteiger partial charge in [0.15, 0.2) is 0 Å². The SMILES string of the molecule is CO[Si](C)(C)c1ccc(N(c2ccccc2)c2ccc(-c3ccc(N(c4ccccc4)c4ccccc4)cc3C)c(C)c2)cc1. The van der Waals surface area contributed by atoms with Gasteiger partial charge < -0.3 is 14.2 Å². The van der Waals surface area contributed by atoms with Gasteiger partial charge in [0.05, 0.1) is 0 Å². The lowest BCUT2D eigenvalue weighted by Gasteiger charge is -2.28. The van der Waals surface area contributed by atoms with Crippen LogP contribution in [0.25, 0.3) is 11.1 Å². The lowest BCUT2D eigenvalue weighted by Crippen LogP contribution is -2.43. The minimum absolute atomic E-state index is 1.13. The van der Waals surface area contributed by atoms with Crippen LogP contribution in [0, 0.1) is 13.8 Å². The molecule has 6 rings (SSSR count). The fourth-order valence-corrected chi connectivity index (χ4v) is 7.14. The predicted molar refractivity (Wildman–Crippen MR) is 195 cm³/mol. The van der Waals surface area contributed by atoms with Gasteiger partial charge in [0, 0.05) is 41.2 Å². The van der Waals surface area contributed by atoms with E-state index in [0.29, 0.717) is 0 Å². The van der Waals surface area contributed by atoms with E-state index >= 15 is 0 Å². The molecule has 0 aliphatic heterocycles. The Bertz CT molecular complexity index is 1830. The Kier molecular flexibility index (Phi) is 8.70. The van der Waals surface area contributed by atoms with Gasteiger partial charge in [-0.15, -0.1) is 0 Å². The molecule has 0 atom stereocenters. The molecule has 0 aromatic heterocycles. The summed E-state index contributed by atoms with van der Waals surface area (Å²) in [4.78, 5) is 4.64. The summed E-state index contributed by atoms with van der Waals surface area (Å²) in [5, 5.41) is 1.28. The maximum atomic E-state index is 5.86. The first-order valence-corrected chi connectivity index (χ1v) is 18.4. The van der Waals surface area contributed by atoms with Crippen LogP contribution in [-0.2, 0) is 4.43 Å². The van der Waals surface area contributed by atoms with E-state index in [1.807, 2.05) is 7.11 Å². The van der Waals surface area contributed by atoms with Crippen LogP contribution < -0.4 is 15.0 Å². The fourth-order valence-electron chi connectivity index (χ4n) is 5.93. The molecular weight excluding hydrogens is 565 g/mol. The molecule has 6 aromatic rings. The summed E-state index contributed by atoms with van der Waals surface area (Å²) in [7, 11) is -0.0826. The topological polar surface area (TPSA) is 15.7 Å². The van der Waals surface area contributed by atoms with E-state index < -0.39 is 8.32 Å². The first-order chi connectivity index (χ1) is 21.9. The van der Waals surface area contributed by atoms with Crippen LogP contribution in [0.2, 0.25) is 13.1 Å². The summed E-state index contributed by atoms with van der Waals surface area (Å²) in [6.07, 6.45) is 0. The maximum Gasteiger partial charge on any atom is 0.217 e. The molecule has 0 aliphatic rings. The van der Waals surface area contributed by atoms with Crippen LogP contribution in [0.1, 0.15) is 11.1 Å². The zero-order valence-corrected chi connectivity index (χ0v) is 27.7. The Hall–Kier alpha value is -4.90. The molecule has 0 spiro atoms. The van der Waals surface area contributed by atoms with Crippen molar-refractivity contribution in [3.63, 3.8) is 0 Å². The van der Waals surface area contributed by atoms with Gasteiger partial charge in [0.25, 0.3) is 0 Å². The highest BCUT2D eigenvalue weighted by molar-refractivity contribution is 6.84. The van der Waals surface area contributed by atoms with E-state index in [1.165, 1.54) is 27.4 Å². The van der Waals surface area contributed by atoms with Gasteiger partial charge in [-0.05, 0) is 127 Å². The number of aryl methyl sites for hydroxylation is 2. The van der Waals surface area contributed by atoms with Crippen molar-refractivity contribution >= 4 is 47.6 Å². The molecule has 0 saturated heterocycles. The van der Waals surface area contributed by atoms with Gasteiger partial charge in [-0.25, -0.2) is 0 Å². The number of rotatable bonds is 9. The molecule has 0 heterocycles. The van der Waals surface area contributed by atoms with Crippen molar-refractivity contribution in [2.75, 3.05) is 16.9 Å². The zero-order chi connectivity index (χ0) is 31.4. The quantitative estimate of drug-likeness (QED) is 0.153. The first-order valence-electron chi connectivity index (χ1n) is 15.5. The average Bonchev–Trinajstić information content (AvgIpc) is 3.07.